The molecule has 0 radical (unpaired) electrons. The summed E-state index contributed by atoms with van der Waals surface area (Å²) in [4.78, 5) is 6.65. The van der Waals surface area contributed by atoms with Crippen LogP contribution in [0.25, 0.3) is 0 Å². The second-order valence-electron chi connectivity index (χ2n) is 6.77. The summed E-state index contributed by atoms with van der Waals surface area (Å²) in [5, 5.41) is 9.38. The highest BCUT2D eigenvalue weighted by molar-refractivity contribution is 5.41. The Hall–Kier alpha value is -1.17. The smallest absolute Gasteiger partial charge is 0.146 e. The molecule has 0 aromatic carbocycles. The molecule has 0 aliphatic carbocycles. The Morgan fingerprint density at radius 3 is 2.20 bits per heavy atom. The maximum Gasteiger partial charge on any atom is 0.146 e. The van der Waals surface area contributed by atoms with Crippen molar-refractivity contribution in [1.29, 1.82) is 0 Å². The van der Waals surface area contributed by atoms with E-state index >= 15 is 0 Å². The molecule has 0 saturated heterocycles. The number of nitrogens with zero attached hydrogens (tertiary/aromatic N) is 2. The predicted octanol–water partition coefficient (Wildman–Crippen LogP) is 3.92. The minimum atomic E-state index is 0.0763. The van der Waals surface area contributed by atoms with E-state index in [1.807, 2.05) is 31.1 Å². The van der Waals surface area contributed by atoms with Gasteiger partial charge in [0.25, 0.3) is 0 Å². The number of aliphatic hydroxyl groups excluding tert-OH is 1. The molecule has 0 unspecified atom stereocenters. The summed E-state index contributed by atoms with van der Waals surface area (Å²) < 4.78 is 10.1. The summed E-state index contributed by atoms with van der Waals surface area (Å²) in [5.74, 6) is 0.927. The maximum atomic E-state index is 9.38. The monoisotopic (exact) mass is 352 g/mol. The number of rotatable bonds is 15. The third-order valence-corrected chi connectivity index (χ3v) is 4.24. The first-order valence-corrected chi connectivity index (χ1v) is 9.52. The highest BCUT2D eigenvalue weighted by Gasteiger charge is 2.04. The molecular formula is C20H36N2O3. The molecule has 0 fully saturated rings. The number of aromatic nitrogens is 1. The fraction of sp³-hybridized carbons (Fsp3) is 0.750. The molecule has 5 nitrogen and oxygen atoms in total. The van der Waals surface area contributed by atoms with Crippen molar-refractivity contribution >= 4 is 5.82 Å². The summed E-state index contributed by atoms with van der Waals surface area (Å²) in [7, 11) is 5.62. The van der Waals surface area contributed by atoms with Gasteiger partial charge in [0.15, 0.2) is 0 Å². The van der Waals surface area contributed by atoms with Crippen LogP contribution < -0.4 is 4.90 Å². The summed E-state index contributed by atoms with van der Waals surface area (Å²) in [5.41, 5.74) is 2.04. The quantitative estimate of drug-likeness (QED) is 0.383. The van der Waals surface area contributed by atoms with Gasteiger partial charge in [0.2, 0.25) is 0 Å². The Bertz CT molecular complexity index is 453. The van der Waals surface area contributed by atoms with E-state index in [1.54, 1.807) is 7.11 Å². The van der Waals surface area contributed by atoms with Gasteiger partial charge in [0.1, 0.15) is 12.6 Å². The van der Waals surface area contributed by atoms with Gasteiger partial charge in [-0.2, -0.15) is 0 Å². The van der Waals surface area contributed by atoms with Crippen LogP contribution in [0.2, 0.25) is 0 Å². The van der Waals surface area contributed by atoms with Crippen LogP contribution in [0.3, 0.4) is 0 Å². The first kappa shape index (κ1) is 21.9. The second kappa shape index (κ2) is 14.0. The van der Waals surface area contributed by atoms with Crippen molar-refractivity contribution < 1.29 is 14.6 Å². The van der Waals surface area contributed by atoms with Crippen molar-refractivity contribution in [2.24, 2.45) is 0 Å². The minimum Gasteiger partial charge on any atom is -0.392 e. The topological polar surface area (TPSA) is 54.8 Å². The predicted molar refractivity (Wildman–Crippen MR) is 103 cm³/mol. The highest BCUT2D eigenvalue weighted by Crippen LogP contribution is 2.16. The lowest BCUT2D eigenvalue weighted by Crippen LogP contribution is -2.12. The molecule has 0 saturated carbocycles. The van der Waals surface area contributed by atoms with Crippen LogP contribution in [-0.4, -0.2) is 44.7 Å². The van der Waals surface area contributed by atoms with Crippen molar-refractivity contribution in [3.8, 4) is 0 Å². The Kier molecular flexibility index (Phi) is 12.3. The third-order valence-electron chi connectivity index (χ3n) is 4.24. The number of unbranched alkanes of at least 4 members (excludes halogenated alkanes) is 7. The second-order valence-corrected chi connectivity index (χ2v) is 6.77. The average Bonchev–Trinajstić information content (AvgIpc) is 2.62. The number of aliphatic hydroxyl groups is 1. The molecule has 0 aliphatic heterocycles. The summed E-state index contributed by atoms with van der Waals surface area (Å²) in [6, 6.07) is 3.97. The number of hydrogen-bond donors (Lipinski definition) is 1. The largest absolute Gasteiger partial charge is 0.392 e. The lowest BCUT2D eigenvalue weighted by atomic mass is 10.1. The van der Waals surface area contributed by atoms with Gasteiger partial charge in [0, 0.05) is 33.5 Å². The van der Waals surface area contributed by atoms with E-state index in [4.69, 9.17) is 9.47 Å². The van der Waals surface area contributed by atoms with Gasteiger partial charge in [0.05, 0.1) is 6.61 Å². The van der Waals surface area contributed by atoms with Crippen molar-refractivity contribution in [3.05, 3.63) is 23.4 Å². The molecule has 0 spiro atoms. The SMILES string of the molecule is COCOCCCCCCCCCCc1cc(CO)cc(N(C)C)n1. The lowest BCUT2D eigenvalue weighted by Gasteiger charge is -2.14. The van der Waals surface area contributed by atoms with E-state index in [1.165, 1.54) is 44.9 Å². The number of aryl methyl sites for hydroxylation is 1. The van der Waals surface area contributed by atoms with Gasteiger partial charge in [-0.25, -0.2) is 4.98 Å². The number of pyridine rings is 1. The van der Waals surface area contributed by atoms with Crippen molar-refractivity contribution in [2.45, 2.75) is 64.4 Å². The average molecular weight is 353 g/mol. The van der Waals surface area contributed by atoms with Crippen LogP contribution in [0, 0.1) is 0 Å². The minimum absolute atomic E-state index is 0.0763. The fourth-order valence-electron chi connectivity index (χ4n) is 2.79. The molecule has 0 atom stereocenters. The van der Waals surface area contributed by atoms with Crippen molar-refractivity contribution in [3.63, 3.8) is 0 Å². The van der Waals surface area contributed by atoms with E-state index in [0.29, 0.717) is 6.79 Å². The molecule has 25 heavy (non-hydrogen) atoms. The van der Waals surface area contributed by atoms with Crippen LogP contribution in [0.15, 0.2) is 12.1 Å². The molecule has 1 N–H and O–H groups in total. The van der Waals surface area contributed by atoms with Gasteiger partial charge >= 0.3 is 0 Å². The molecule has 144 valence electrons. The number of ether oxygens (including phenoxy) is 2. The zero-order valence-corrected chi connectivity index (χ0v) is 16.3. The highest BCUT2D eigenvalue weighted by atomic mass is 16.7. The maximum absolute atomic E-state index is 9.38. The number of anilines is 1. The zero-order chi connectivity index (χ0) is 18.3. The van der Waals surface area contributed by atoms with Gasteiger partial charge < -0.3 is 19.5 Å². The molecule has 1 aromatic heterocycles. The summed E-state index contributed by atoms with van der Waals surface area (Å²) >= 11 is 0. The van der Waals surface area contributed by atoms with E-state index in [2.05, 4.69) is 4.98 Å². The van der Waals surface area contributed by atoms with Crippen LogP contribution in [0.5, 0.6) is 0 Å². The molecule has 0 aliphatic rings. The molecule has 1 aromatic rings. The van der Waals surface area contributed by atoms with Crippen molar-refractivity contribution in [1.82, 2.24) is 4.98 Å². The first-order chi connectivity index (χ1) is 12.2. The number of hydrogen-bond acceptors (Lipinski definition) is 5. The van der Waals surface area contributed by atoms with Gasteiger partial charge in [-0.05, 0) is 37.0 Å². The molecule has 1 heterocycles. The molecular weight excluding hydrogens is 316 g/mol. The summed E-state index contributed by atoms with van der Waals surface area (Å²) in [6.07, 6.45) is 11.0. The zero-order valence-electron chi connectivity index (χ0n) is 16.3. The first-order valence-electron chi connectivity index (χ1n) is 9.52. The fourth-order valence-corrected chi connectivity index (χ4v) is 2.79. The number of methoxy groups -OCH3 is 1. The van der Waals surface area contributed by atoms with Crippen molar-refractivity contribution in [2.75, 3.05) is 39.5 Å². The van der Waals surface area contributed by atoms with Crippen LogP contribution in [-0.2, 0) is 22.5 Å². The molecule has 0 amide bonds. The van der Waals surface area contributed by atoms with E-state index in [0.717, 1.165) is 36.5 Å². The van der Waals surface area contributed by atoms with E-state index < -0.39 is 0 Å². The normalized spacial score (nSPS) is 11.0. The Balaban J connectivity index is 2.07. The summed E-state index contributed by atoms with van der Waals surface area (Å²) in [6.45, 7) is 1.29. The lowest BCUT2D eigenvalue weighted by molar-refractivity contribution is -0.0315. The van der Waals surface area contributed by atoms with Crippen LogP contribution >= 0.6 is 0 Å². The van der Waals surface area contributed by atoms with Gasteiger partial charge in [-0.3, -0.25) is 0 Å². The van der Waals surface area contributed by atoms with Gasteiger partial charge in [-0.15, -0.1) is 0 Å². The molecule has 0 bridgehead atoms. The Labute approximate surface area is 153 Å². The van der Waals surface area contributed by atoms with Crippen LogP contribution in [0.4, 0.5) is 5.82 Å². The molecule has 1 rings (SSSR count). The molecule has 5 heteroatoms. The third kappa shape index (κ3) is 10.4. The Morgan fingerprint density at radius 2 is 1.60 bits per heavy atom. The standard InChI is InChI=1S/C20H36N2O3/c1-22(2)20-15-18(16-23)14-19(21-20)12-10-8-6-4-5-7-9-11-13-25-17-24-3/h14-15,23H,4-13,16-17H2,1-3H3. The Morgan fingerprint density at radius 1 is 0.960 bits per heavy atom. The van der Waals surface area contributed by atoms with Crippen LogP contribution in [0.1, 0.15) is 62.6 Å². The van der Waals surface area contributed by atoms with E-state index in [-0.39, 0.29) is 6.61 Å². The van der Waals surface area contributed by atoms with E-state index in [9.17, 15) is 5.11 Å². The van der Waals surface area contributed by atoms with Gasteiger partial charge in [-0.1, -0.05) is 38.5 Å².